The first-order chi connectivity index (χ1) is 20.7. The molecule has 43 heavy (non-hydrogen) atoms. The average Bonchev–Trinajstić information content (AvgIpc) is 3.61. The number of non-ortho nitro benzene ring substituents is 1. The number of benzene rings is 2. The second kappa shape index (κ2) is 11.9. The van der Waals surface area contributed by atoms with E-state index in [-0.39, 0.29) is 11.7 Å². The molecule has 0 aliphatic carbocycles. The summed E-state index contributed by atoms with van der Waals surface area (Å²) in [6, 6.07) is 19.3. The molecule has 0 bridgehead atoms. The molecule has 2 aromatic carbocycles. The number of pyridine rings is 1. The number of halogens is 1. The number of methoxy groups -OCH3 is 1. The molecular weight excluding hydrogens is 586 g/mol. The number of thiocarbonyl (C=S) groups is 1. The van der Waals surface area contributed by atoms with Gasteiger partial charge in [-0.2, -0.15) is 0 Å². The molecular formula is C32H32ClN5O4S. The van der Waals surface area contributed by atoms with Crippen LogP contribution in [-0.2, 0) is 0 Å². The average molecular weight is 618 g/mol. The Hall–Kier alpha value is -4.15. The predicted octanol–water partition coefficient (Wildman–Crippen LogP) is 7.57. The Kier molecular flexibility index (Phi) is 7.98. The quantitative estimate of drug-likeness (QED) is 0.128. The lowest BCUT2D eigenvalue weighted by molar-refractivity contribution is -0.384. The first kappa shape index (κ1) is 28.9. The fourth-order valence-corrected chi connectivity index (χ4v) is 6.98. The van der Waals surface area contributed by atoms with Crippen molar-refractivity contribution in [2.75, 3.05) is 30.0 Å². The Morgan fingerprint density at radius 3 is 2.56 bits per heavy atom. The molecule has 11 heteroatoms. The highest BCUT2D eigenvalue weighted by Gasteiger charge is 2.43. The third-order valence-corrected chi connectivity index (χ3v) is 8.71. The summed E-state index contributed by atoms with van der Waals surface area (Å²) < 4.78 is 11.9. The molecule has 4 atom stereocenters. The molecule has 2 aliphatic heterocycles. The van der Waals surface area contributed by atoms with Gasteiger partial charge in [0, 0.05) is 31.0 Å². The van der Waals surface area contributed by atoms with E-state index in [1.54, 1.807) is 12.3 Å². The highest BCUT2D eigenvalue weighted by molar-refractivity contribution is 7.80. The van der Waals surface area contributed by atoms with Crippen molar-refractivity contribution < 1.29 is 14.1 Å². The first-order valence-electron chi connectivity index (χ1n) is 14.2. The van der Waals surface area contributed by atoms with E-state index in [0.29, 0.717) is 44.8 Å². The lowest BCUT2D eigenvalue weighted by Crippen LogP contribution is -2.38. The molecule has 0 radical (unpaired) electrons. The zero-order chi connectivity index (χ0) is 30.2. The minimum atomic E-state index is -0.455. The highest BCUT2D eigenvalue weighted by Crippen LogP contribution is 2.45. The van der Waals surface area contributed by atoms with E-state index in [1.165, 1.54) is 25.7 Å². The van der Waals surface area contributed by atoms with Crippen LogP contribution in [0.1, 0.15) is 43.8 Å². The molecule has 2 aromatic heterocycles. The zero-order valence-electron chi connectivity index (χ0n) is 24.1. The van der Waals surface area contributed by atoms with Crippen molar-refractivity contribution in [3.8, 4) is 17.1 Å². The number of nitro groups is 1. The lowest BCUT2D eigenvalue weighted by atomic mass is 9.91. The van der Waals surface area contributed by atoms with Gasteiger partial charge < -0.3 is 24.3 Å². The molecule has 0 saturated carbocycles. The van der Waals surface area contributed by atoms with Gasteiger partial charge in [-0.05, 0) is 79.0 Å². The summed E-state index contributed by atoms with van der Waals surface area (Å²) in [6.45, 7) is 6.51. The Labute approximate surface area is 260 Å². The first-order valence-corrected chi connectivity index (χ1v) is 15.0. The number of nitro benzene ring substituents is 1. The van der Waals surface area contributed by atoms with Crippen LogP contribution >= 0.6 is 23.8 Å². The summed E-state index contributed by atoms with van der Waals surface area (Å²) in [4.78, 5) is 19.9. The summed E-state index contributed by atoms with van der Waals surface area (Å²) in [5.74, 6) is 2.69. The van der Waals surface area contributed by atoms with Crippen molar-refractivity contribution in [3.63, 3.8) is 0 Å². The highest BCUT2D eigenvalue weighted by atomic mass is 35.5. The molecule has 4 heterocycles. The van der Waals surface area contributed by atoms with E-state index in [4.69, 9.17) is 33.0 Å². The summed E-state index contributed by atoms with van der Waals surface area (Å²) in [6.07, 6.45) is 2.97. The Morgan fingerprint density at radius 1 is 1.09 bits per heavy atom. The van der Waals surface area contributed by atoms with Crippen molar-refractivity contribution >= 4 is 46.0 Å². The van der Waals surface area contributed by atoms with Gasteiger partial charge in [-0.3, -0.25) is 15.1 Å². The minimum absolute atomic E-state index is 0.0621. The summed E-state index contributed by atoms with van der Waals surface area (Å²) in [5.41, 5.74) is 3.20. The van der Waals surface area contributed by atoms with Crippen LogP contribution in [0, 0.1) is 22.0 Å². The number of anilines is 2. The maximum absolute atomic E-state index is 11.3. The number of hydrogen-bond acceptors (Lipinski definition) is 7. The van der Waals surface area contributed by atoms with Gasteiger partial charge in [0.2, 0.25) is 0 Å². The normalized spacial score (nSPS) is 22.0. The Morgan fingerprint density at radius 2 is 1.88 bits per heavy atom. The van der Waals surface area contributed by atoms with Crippen LogP contribution < -0.4 is 19.9 Å². The van der Waals surface area contributed by atoms with Crippen molar-refractivity contribution in [1.82, 2.24) is 10.3 Å². The van der Waals surface area contributed by atoms with Gasteiger partial charge >= 0.3 is 0 Å². The van der Waals surface area contributed by atoms with Gasteiger partial charge in [0.15, 0.2) is 5.11 Å². The maximum Gasteiger partial charge on any atom is 0.273 e. The number of piperidine rings is 1. The SMILES string of the molecule is COc1cc([N+](=O)[O-])ccc1-c1ccc([C@@H]2[C@H](c3ccccn3)NC(=S)N2c2ccc(N3C[C@H](C)C[C@@H](C)C3)c(Cl)c2)o1. The van der Waals surface area contributed by atoms with E-state index in [9.17, 15) is 10.1 Å². The second-order valence-corrected chi connectivity index (χ2v) is 12.1. The lowest BCUT2D eigenvalue weighted by Gasteiger charge is -2.37. The summed E-state index contributed by atoms with van der Waals surface area (Å²) >= 11 is 12.8. The van der Waals surface area contributed by atoms with Crippen LogP contribution in [0.4, 0.5) is 17.1 Å². The number of aromatic nitrogens is 1. The second-order valence-electron chi connectivity index (χ2n) is 11.3. The summed E-state index contributed by atoms with van der Waals surface area (Å²) in [7, 11) is 1.48. The Bertz CT molecular complexity index is 1650. The van der Waals surface area contributed by atoms with Crippen LogP contribution in [0.2, 0.25) is 5.02 Å². The molecule has 2 saturated heterocycles. The summed E-state index contributed by atoms with van der Waals surface area (Å²) in [5, 5.41) is 16.0. The molecule has 222 valence electrons. The number of furan rings is 1. The standard InChI is InChI=1S/C32H32ClN5O4S/c1-19-14-20(2)18-36(17-19)26-10-8-21(15-24(26)33)37-31(30(35-32(37)43)25-6-4-5-13-34-25)28-12-11-27(42-28)23-9-7-22(38(39)40)16-29(23)41-3/h4-13,15-16,19-20,30-31H,14,17-18H2,1-3H3,(H,35,43)/t19-,20-,30+,31-/m1/s1. The number of nitrogens with zero attached hydrogens (tertiary/aromatic N) is 4. The third-order valence-electron chi connectivity index (χ3n) is 8.10. The van der Waals surface area contributed by atoms with Crippen molar-refractivity contribution in [3.05, 3.63) is 99.5 Å². The molecule has 6 rings (SSSR count). The molecule has 0 unspecified atom stereocenters. The van der Waals surface area contributed by atoms with Crippen LogP contribution in [0.25, 0.3) is 11.3 Å². The largest absolute Gasteiger partial charge is 0.496 e. The van der Waals surface area contributed by atoms with Gasteiger partial charge in [0.05, 0.1) is 46.1 Å². The van der Waals surface area contributed by atoms with Gasteiger partial charge in [-0.25, -0.2) is 0 Å². The Balaban J connectivity index is 1.39. The molecule has 2 fully saturated rings. The van der Waals surface area contributed by atoms with Crippen LogP contribution in [0.15, 0.2) is 77.3 Å². The van der Waals surface area contributed by atoms with Crippen molar-refractivity contribution in [2.24, 2.45) is 11.8 Å². The molecule has 0 spiro atoms. The van der Waals surface area contributed by atoms with Gasteiger partial charge in [0.25, 0.3) is 5.69 Å². The van der Waals surface area contributed by atoms with Crippen LogP contribution in [0.3, 0.4) is 0 Å². The van der Waals surface area contributed by atoms with Gasteiger partial charge in [-0.1, -0.05) is 31.5 Å². The fraction of sp³-hybridized carbons (Fsp3) is 0.312. The third kappa shape index (κ3) is 5.64. The smallest absolute Gasteiger partial charge is 0.273 e. The van der Waals surface area contributed by atoms with Crippen molar-refractivity contribution in [2.45, 2.75) is 32.4 Å². The van der Waals surface area contributed by atoms with Crippen LogP contribution in [-0.4, -0.2) is 35.2 Å². The molecule has 2 aliphatic rings. The number of hydrogen-bond donors (Lipinski definition) is 1. The van der Waals surface area contributed by atoms with E-state index >= 15 is 0 Å². The molecule has 4 aromatic rings. The number of rotatable bonds is 7. The van der Waals surface area contributed by atoms with Gasteiger partial charge in [0.1, 0.15) is 23.3 Å². The predicted molar refractivity (Wildman–Crippen MR) is 172 cm³/mol. The van der Waals surface area contributed by atoms with Crippen LogP contribution in [0.5, 0.6) is 5.75 Å². The number of nitrogens with one attached hydrogen (secondary N) is 1. The van der Waals surface area contributed by atoms with E-state index < -0.39 is 11.0 Å². The number of ether oxygens (including phenoxy) is 1. The van der Waals surface area contributed by atoms with E-state index in [1.807, 2.05) is 41.3 Å². The van der Waals surface area contributed by atoms with Gasteiger partial charge in [-0.15, -0.1) is 0 Å². The molecule has 1 N–H and O–H groups in total. The topological polar surface area (TPSA) is 96.9 Å². The maximum atomic E-state index is 11.3. The van der Waals surface area contributed by atoms with E-state index in [0.717, 1.165) is 30.2 Å². The zero-order valence-corrected chi connectivity index (χ0v) is 25.6. The monoisotopic (exact) mass is 617 g/mol. The van der Waals surface area contributed by atoms with E-state index in [2.05, 4.69) is 41.2 Å². The minimum Gasteiger partial charge on any atom is -0.496 e. The van der Waals surface area contributed by atoms with Crippen molar-refractivity contribution in [1.29, 1.82) is 0 Å². The fourth-order valence-electron chi connectivity index (χ4n) is 6.34. The molecule has 9 nitrogen and oxygen atoms in total. The molecule has 0 amide bonds.